The first-order valence-corrected chi connectivity index (χ1v) is 13.4. The van der Waals surface area contributed by atoms with E-state index in [9.17, 15) is 14.4 Å². The molecule has 0 aliphatic carbocycles. The number of hydrogen-bond donors (Lipinski definition) is 1. The van der Waals surface area contributed by atoms with Gasteiger partial charge in [0.15, 0.2) is 6.61 Å². The molecule has 206 valence electrons. The molecule has 0 unspecified atom stereocenters. The molecule has 0 bridgehead atoms. The standard InChI is InChI=1S/C33H29N3O5/c1-2-3-9-23-14-17-26(18-15-23)34-30(37)22-40-31(38)19-16-25-21-36(27-11-5-4-6-12-27)35-32(25)28-20-24-10-7-8-13-29(24)41-33(28)39/h4-8,10-21H,2-3,9,22H2,1H3,(H,34,37)/b19-16+. The van der Waals surface area contributed by atoms with E-state index in [0.29, 0.717) is 22.5 Å². The smallest absolute Gasteiger partial charge is 0.345 e. The van der Waals surface area contributed by atoms with Crippen molar-refractivity contribution < 1.29 is 18.7 Å². The molecule has 3 aromatic carbocycles. The van der Waals surface area contributed by atoms with Crippen LogP contribution in [0, 0.1) is 0 Å². The predicted molar refractivity (Wildman–Crippen MR) is 159 cm³/mol. The number of fused-ring (bicyclic) bond motifs is 1. The van der Waals surface area contributed by atoms with E-state index < -0.39 is 24.1 Å². The maximum Gasteiger partial charge on any atom is 0.345 e. The Labute approximate surface area is 236 Å². The molecule has 5 aromatic rings. The zero-order valence-corrected chi connectivity index (χ0v) is 22.6. The third-order valence-electron chi connectivity index (χ3n) is 6.46. The van der Waals surface area contributed by atoms with Crippen LogP contribution in [0.4, 0.5) is 5.69 Å². The molecule has 0 saturated heterocycles. The summed E-state index contributed by atoms with van der Waals surface area (Å²) in [6.45, 7) is 1.70. The number of ether oxygens (including phenoxy) is 1. The number of anilines is 1. The minimum Gasteiger partial charge on any atom is -0.452 e. The Morgan fingerprint density at radius 3 is 2.54 bits per heavy atom. The number of esters is 1. The van der Waals surface area contributed by atoms with Gasteiger partial charge >= 0.3 is 11.6 Å². The van der Waals surface area contributed by atoms with Crippen molar-refractivity contribution in [1.29, 1.82) is 0 Å². The molecule has 0 aliphatic rings. The molecule has 2 aromatic heterocycles. The largest absolute Gasteiger partial charge is 0.452 e. The quantitative estimate of drug-likeness (QED) is 0.127. The van der Waals surface area contributed by atoms with Gasteiger partial charge in [0.25, 0.3) is 5.91 Å². The van der Waals surface area contributed by atoms with Crippen molar-refractivity contribution >= 4 is 34.6 Å². The Balaban J connectivity index is 1.31. The van der Waals surface area contributed by atoms with Gasteiger partial charge in [-0.25, -0.2) is 14.3 Å². The van der Waals surface area contributed by atoms with Gasteiger partial charge in [0.1, 0.15) is 11.3 Å². The van der Waals surface area contributed by atoms with E-state index in [1.807, 2.05) is 66.7 Å². The van der Waals surface area contributed by atoms with Gasteiger partial charge in [-0.3, -0.25) is 4.79 Å². The summed E-state index contributed by atoms with van der Waals surface area (Å²) in [5.74, 6) is -1.15. The van der Waals surface area contributed by atoms with Crippen molar-refractivity contribution in [2.45, 2.75) is 26.2 Å². The number of nitrogens with zero attached hydrogens (tertiary/aromatic N) is 2. The SMILES string of the molecule is CCCCc1ccc(NC(=O)COC(=O)/C=C/c2cn(-c3ccccc3)nc2-c2cc3ccccc3oc2=O)cc1. The topological polar surface area (TPSA) is 103 Å². The molecule has 8 nitrogen and oxygen atoms in total. The van der Waals surface area contributed by atoms with E-state index in [2.05, 4.69) is 17.3 Å². The number of aromatic nitrogens is 2. The van der Waals surface area contributed by atoms with Gasteiger partial charge in [0, 0.05) is 28.9 Å². The van der Waals surface area contributed by atoms with Gasteiger partial charge in [-0.1, -0.05) is 61.9 Å². The number of aryl methyl sites for hydroxylation is 1. The van der Waals surface area contributed by atoms with Crippen LogP contribution in [0.3, 0.4) is 0 Å². The van der Waals surface area contributed by atoms with Crippen molar-refractivity contribution in [1.82, 2.24) is 9.78 Å². The van der Waals surface area contributed by atoms with Crippen molar-refractivity contribution in [3.05, 3.63) is 119 Å². The molecule has 0 aliphatic heterocycles. The summed E-state index contributed by atoms with van der Waals surface area (Å²) in [6.07, 6.45) is 7.64. The molecule has 0 spiro atoms. The second-order valence-corrected chi connectivity index (χ2v) is 9.49. The molecule has 1 N–H and O–H groups in total. The highest BCUT2D eigenvalue weighted by molar-refractivity contribution is 5.95. The Hall–Kier alpha value is -5.24. The zero-order chi connectivity index (χ0) is 28.6. The number of carbonyl (C=O) groups is 2. The van der Waals surface area contributed by atoms with E-state index in [-0.39, 0.29) is 5.56 Å². The lowest BCUT2D eigenvalue weighted by atomic mass is 10.1. The number of benzene rings is 3. The van der Waals surface area contributed by atoms with Crippen LogP contribution in [-0.4, -0.2) is 28.3 Å². The van der Waals surface area contributed by atoms with Crippen molar-refractivity contribution in [3.63, 3.8) is 0 Å². The van der Waals surface area contributed by atoms with Crippen molar-refractivity contribution in [2.75, 3.05) is 11.9 Å². The molecule has 0 saturated carbocycles. The Morgan fingerprint density at radius 1 is 1.00 bits per heavy atom. The Kier molecular flexibility index (Phi) is 8.49. The Morgan fingerprint density at radius 2 is 1.76 bits per heavy atom. The third kappa shape index (κ3) is 6.86. The predicted octanol–water partition coefficient (Wildman–Crippen LogP) is 6.18. The van der Waals surface area contributed by atoms with E-state index in [0.717, 1.165) is 30.3 Å². The lowest BCUT2D eigenvalue weighted by molar-refractivity contribution is -0.142. The minimum atomic E-state index is -0.709. The van der Waals surface area contributed by atoms with Gasteiger partial charge in [0.2, 0.25) is 0 Å². The molecule has 0 atom stereocenters. The highest BCUT2D eigenvalue weighted by atomic mass is 16.5. The summed E-state index contributed by atoms with van der Waals surface area (Å²) >= 11 is 0. The summed E-state index contributed by atoms with van der Waals surface area (Å²) < 4.78 is 12.3. The zero-order valence-electron chi connectivity index (χ0n) is 22.6. The van der Waals surface area contributed by atoms with Crippen LogP contribution < -0.4 is 10.9 Å². The second-order valence-electron chi connectivity index (χ2n) is 9.49. The molecule has 0 fully saturated rings. The van der Waals surface area contributed by atoms with Gasteiger partial charge in [0.05, 0.1) is 11.3 Å². The molecular weight excluding hydrogens is 518 g/mol. The highest BCUT2D eigenvalue weighted by Gasteiger charge is 2.16. The van der Waals surface area contributed by atoms with Crippen LogP contribution >= 0.6 is 0 Å². The summed E-state index contributed by atoms with van der Waals surface area (Å²) in [7, 11) is 0. The summed E-state index contributed by atoms with van der Waals surface area (Å²) in [6, 6.07) is 25.9. The number of amides is 1. The fraction of sp³-hybridized carbons (Fsp3) is 0.152. The van der Waals surface area contributed by atoms with Crippen LogP contribution in [0.15, 0.2) is 106 Å². The van der Waals surface area contributed by atoms with Crippen LogP contribution in [0.2, 0.25) is 0 Å². The average molecular weight is 548 g/mol. The first kappa shape index (κ1) is 27.3. The fourth-order valence-electron chi connectivity index (χ4n) is 4.33. The lowest BCUT2D eigenvalue weighted by Gasteiger charge is -2.06. The first-order chi connectivity index (χ1) is 20.0. The third-order valence-corrected chi connectivity index (χ3v) is 6.46. The van der Waals surface area contributed by atoms with E-state index >= 15 is 0 Å². The lowest BCUT2D eigenvalue weighted by Crippen LogP contribution is -2.20. The van der Waals surface area contributed by atoms with E-state index in [1.165, 1.54) is 17.7 Å². The number of para-hydroxylation sites is 2. The van der Waals surface area contributed by atoms with Crippen LogP contribution in [-0.2, 0) is 20.7 Å². The maximum atomic E-state index is 12.9. The van der Waals surface area contributed by atoms with Gasteiger partial charge in [-0.15, -0.1) is 0 Å². The van der Waals surface area contributed by atoms with Crippen LogP contribution in [0.5, 0.6) is 0 Å². The number of nitrogens with one attached hydrogen (secondary N) is 1. The normalized spacial score (nSPS) is 11.1. The van der Waals surface area contributed by atoms with Crippen molar-refractivity contribution in [3.8, 4) is 16.9 Å². The second kappa shape index (κ2) is 12.7. The van der Waals surface area contributed by atoms with Crippen LogP contribution in [0.25, 0.3) is 34.0 Å². The number of unbranched alkanes of at least 4 members (excludes halogenated alkanes) is 1. The summed E-state index contributed by atoms with van der Waals surface area (Å²) in [5, 5.41) is 8.10. The molecule has 8 heteroatoms. The van der Waals surface area contributed by atoms with E-state index in [1.54, 1.807) is 29.1 Å². The molecule has 1 amide bonds. The summed E-state index contributed by atoms with van der Waals surface area (Å²) in [4.78, 5) is 37.7. The van der Waals surface area contributed by atoms with Crippen LogP contribution in [0.1, 0.15) is 30.9 Å². The van der Waals surface area contributed by atoms with Gasteiger partial charge in [-0.2, -0.15) is 5.10 Å². The van der Waals surface area contributed by atoms with Gasteiger partial charge < -0.3 is 14.5 Å². The number of hydrogen-bond acceptors (Lipinski definition) is 6. The maximum absolute atomic E-state index is 12.9. The number of carbonyl (C=O) groups excluding carboxylic acids is 2. The number of rotatable bonds is 10. The highest BCUT2D eigenvalue weighted by Crippen LogP contribution is 2.25. The van der Waals surface area contributed by atoms with E-state index in [4.69, 9.17) is 9.15 Å². The minimum absolute atomic E-state index is 0.256. The molecule has 0 radical (unpaired) electrons. The monoisotopic (exact) mass is 547 g/mol. The Bertz CT molecular complexity index is 1750. The first-order valence-electron chi connectivity index (χ1n) is 13.4. The molecule has 2 heterocycles. The average Bonchev–Trinajstić information content (AvgIpc) is 3.43. The fourth-order valence-corrected chi connectivity index (χ4v) is 4.33. The summed E-state index contributed by atoms with van der Waals surface area (Å²) in [5.41, 5.74) is 3.64. The molecule has 5 rings (SSSR count). The van der Waals surface area contributed by atoms with Gasteiger partial charge in [-0.05, 0) is 60.9 Å². The molecular formula is C33H29N3O5. The molecule has 41 heavy (non-hydrogen) atoms. The van der Waals surface area contributed by atoms with Crippen molar-refractivity contribution in [2.24, 2.45) is 0 Å².